The zero-order valence-electron chi connectivity index (χ0n) is 14.8. The summed E-state index contributed by atoms with van der Waals surface area (Å²) >= 11 is 0. The van der Waals surface area contributed by atoms with Gasteiger partial charge in [0.05, 0.1) is 0 Å². The third kappa shape index (κ3) is 3.88. The first-order chi connectivity index (χ1) is 12.5. The molecule has 1 aromatic carbocycles. The zero-order chi connectivity index (χ0) is 18.7. The van der Waals surface area contributed by atoms with Crippen molar-refractivity contribution < 1.29 is 9.59 Å². The van der Waals surface area contributed by atoms with Crippen LogP contribution in [0, 0.1) is 0 Å². The molecule has 0 radical (unpaired) electrons. The Morgan fingerprint density at radius 2 is 2.04 bits per heavy atom. The topological polar surface area (TPSA) is 115 Å². The Morgan fingerprint density at radius 3 is 2.73 bits per heavy atom. The third-order valence-electron chi connectivity index (χ3n) is 4.63. The fourth-order valence-corrected chi connectivity index (χ4v) is 3.30. The second-order valence-corrected chi connectivity index (χ2v) is 6.64. The molecule has 3 rings (SSSR count). The van der Waals surface area contributed by atoms with Crippen LogP contribution in [0.25, 0.3) is 0 Å². The molecule has 2 heterocycles. The van der Waals surface area contributed by atoms with E-state index in [1.807, 2.05) is 6.07 Å². The predicted molar refractivity (Wildman–Crippen MR) is 100 cm³/mol. The highest BCUT2D eigenvalue weighted by molar-refractivity contribution is 6.01. The summed E-state index contributed by atoms with van der Waals surface area (Å²) in [6.45, 7) is 3.12. The van der Waals surface area contributed by atoms with Crippen molar-refractivity contribution in [1.29, 1.82) is 0 Å². The Kier molecular flexibility index (Phi) is 5.27. The molecule has 1 atom stereocenters. The van der Waals surface area contributed by atoms with E-state index in [1.165, 1.54) is 19.3 Å². The van der Waals surface area contributed by atoms with Gasteiger partial charge < -0.3 is 16.4 Å². The fraction of sp³-hybridized carbons (Fsp3) is 0.368. The van der Waals surface area contributed by atoms with Crippen LogP contribution in [0.3, 0.4) is 0 Å². The van der Waals surface area contributed by atoms with Crippen molar-refractivity contribution in [2.45, 2.75) is 32.2 Å². The van der Waals surface area contributed by atoms with E-state index >= 15 is 0 Å². The summed E-state index contributed by atoms with van der Waals surface area (Å²) in [5, 5.41) is 0. The first-order valence-electron chi connectivity index (χ1n) is 8.69. The number of nitrogen functional groups attached to an aromatic ring is 1. The number of Topliss-reactive ketones (excluding diaryl/α,β-unsaturated/α-hetero) is 2. The quantitative estimate of drug-likeness (QED) is 0.785. The van der Waals surface area contributed by atoms with Crippen LogP contribution in [-0.4, -0.2) is 40.7 Å². The van der Waals surface area contributed by atoms with Crippen molar-refractivity contribution in [2.24, 2.45) is 5.73 Å². The van der Waals surface area contributed by atoms with E-state index in [-0.39, 0.29) is 35.5 Å². The highest BCUT2D eigenvalue weighted by Gasteiger charge is 2.22. The molecule has 0 aliphatic carbocycles. The molecule has 1 aliphatic rings. The van der Waals surface area contributed by atoms with E-state index in [4.69, 9.17) is 11.5 Å². The first kappa shape index (κ1) is 18.0. The molecule has 4 N–H and O–H groups in total. The summed E-state index contributed by atoms with van der Waals surface area (Å²) in [6, 6.07) is 5.58. The molecule has 0 spiro atoms. The van der Waals surface area contributed by atoms with Gasteiger partial charge in [0.15, 0.2) is 17.4 Å². The van der Waals surface area contributed by atoms with Gasteiger partial charge in [-0.2, -0.15) is 0 Å². The van der Waals surface area contributed by atoms with Gasteiger partial charge in [0.2, 0.25) is 0 Å². The molecule has 1 unspecified atom stereocenters. The average molecular weight is 353 g/mol. The van der Waals surface area contributed by atoms with Crippen LogP contribution < -0.4 is 16.4 Å². The number of nitrogens with zero attached hydrogens (tertiary/aromatic N) is 3. The number of ketones is 2. The van der Waals surface area contributed by atoms with E-state index in [0.29, 0.717) is 5.56 Å². The number of carbonyl (C=O) groups is 2. The average Bonchev–Trinajstić information content (AvgIpc) is 2.62. The number of carbonyl (C=O) groups excluding carboxylic acids is 2. The fourth-order valence-electron chi connectivity index (χ4n) is 3.30. The van der Waals surface area contributed by atoms with Crippen LogP contribution in [0.1, 0.15) is 46.2 Å². The Balaban J connectivity index is 1.95. The molecule has 26 heavy (non-hydrogen) atoms. The summed E-state index contributed by atoms with van der Waals surface area (Å²) in [4.78, 5) is 34.6. The molecule has 1 fully saturated rings. The molecule has 136 valence electrons. The lowest BCUT2D eigenvalue weighted by molar-refractivity contribution is 0.0984. The van der Waals surface area contributed by atoms with Crippen molar-refractivity contribution in [3.05, 3.63) is 47.4 Å². The smallest absolute Gasteiger partial charge is 0.189 e. The summed E-state index contributed by atoms with van der Waals surface area (Å²) in [5.74, 6) is -0.153. The number of anilines is 2. The van der Waals surface area contributed by atoms with Gasteiger partial charge in [0.1, 0.15) is 5.69 Å². The lowest BCUT2D eigenvalue weighted by Crippen LogP contribution is -2.43. The standard InChI is InChI=1S/C19H23N5O2/c1-12(25)13-4-5-16(24-8-2-3-15(20)11-24)14(9-13)10-17(26)18-19(21)23-7-6-22-18/h4-7,9,15H,2-3,8,10-11,20H2,1H3,(H2,21,23). The molecular weight excluding hydrogens is 330 g/mol. The summed E-state index contributed by atoms with van der Waals surface area (Å²) in [6.07, 6.45) is 4.99. The molecular formula is C19H23N5O2. The molecule has 1 saturated heterocycles. The van der Waals surface area contributed by atoms with Crippen LogP contribution in [-0.2, 0) is 6.42 Å². The van der Waals surface area contributed by atoms with E-state index < -0.39 is 0 Å². The van der Waals surface area contributed by atoms with Gasteiger partial charge in [-0.3, -0.25) is 9.59 Å². The first-order valence-corrected chi connectivity index (χ1v) is 8.69. The number of nitrogens with two attached hydrogens (primary N) is 2. The minimum atomic E-state index is -0.223. The van der Waals surface area contributed by atoms with Crippen LogP contribution in [0.5, 0.6) is 0 Å². The normalized spacial score (nSPS) is 17.2. The SMILES string of the molecule is CC(=O)c1ccc(N2CCCC(N)C2)c(CC(=O)c2nccnc2N)c1. The monoisotopic (exact) mass is 353 g/mol. The van der Waals surface area contributed by atoms with Gasteiger partial charge in [0, 0.05) is 49.2 Å². The molecule has 0 amide bonds. The van der Waals surface area contributed by atoms with Crippen molar-refractivity contribution in [3.8, 4) is 0 Å². The molecule has 0 bridgehead atoms. The van der Waals surface area contributed by atoms with Gasteiger partial charge in [-0.1, -0.05) is 0 Å². The maximum atomic E-state index is 12.7. The number of hydrogen-bond acceptors (Lipinski definition) is 7. The van der Waals surface area contributed by atoms with Crippen molar-refractivity contribution in [1.82, 2.24) is 9.97 Å². The van der Waals surface area contributed by atoms with Crippen molar-refractivity contribution >= 4 is 23.1 Å². The van der Waals surface area contributed by atoms with Crippen LogP contribution in [0.2, 0.25) is 0 Å². The van der Waals surface area contributed by atoms with E-state index in [9.17, 15) is 9.59 Å². The van der Waals surface area contributed by atoms with Crippen LogP contribution in [0.4, 0.5) is 11.5 Å². The molecule has 0 saturated carbocycles. The van der Waals surface area contributed by atoms with E-state index in [2.05, 4.69) is 14.9 Å². The number of piperidine rings is 1. The Bertz CT molecular complexity index is 836. The summed E-state index contributed by atoms with van der Waals surface area (Å²) in [5.41, 5.74) is 14.3. The number of hydrogen-bond donors (Lipinski definition) is 2. The minimum Gasteiger partial charge on any atom is -0.382 e. The van der Waals surface area contributed by atoms with Crippen molar-refractivity contribution in [3.63, 3.8) is 0 Å². The minimum absolute atomic E-state index is 0.0420. The Labute approximate surface area is 152 Å². The highest BCUT2D eigenvalue weighted by atomic mass is 16.1. The van der Waals surface area contributed by atoms with Gasteiger partial charge in [0.25, 0.3) is 0 Å². The van der Waals surface area contributed by atoms with Crippen LogP contribution in [0.15, 0.2) is 30.6 Å². The molecule has 1 aliphatic heterocycles. The molecule has 1 aromatic heterocycles. The lowest BCUT2D eigenvalue weighted by atomic mass is 9.97. The Morgan fingerprint density at radius 1 is 1.27 bits per heavy atom. The molecule has 7 nitrogen and oxygen atoms in total. The summed E-state index contributed by atoms with van der Waals surface area (Å²) in [7, 11) is 0. The predicted octanol–water partition coefficient (Wildman–Crippen LogP) is 1.61. The van der Waals surface area contributed by atoms with Crippen molar-refractivity contribution in [2.75, 3.05) is 23.7 Å². The zero-order valence-corrected chi connectivity index (χ0v) is 14.8. The lowest BCUT2D eigenvalue weighted by Gasteiger charge is -2.34. The second-order valence-electron chi connectivity index (χ2n) is 6.64. The summed E-state index contributed by atoms with van der Waals surface area (Å²) < 4.78 is 0. The number of rotatable bonds is 5. The van der Waals surface area contributed by atoms with Crippen LogP contribution >= 0.6 is 0 Å². The maximum absolute atomic E-state index is 12.7. The molecule has 2 aromatic rings. The number of benzene rings is 1. The Hall–Kier alpha value is -2.80. The van der Waals surface area contributed by atoms with Gasteiger partial charge in [-0.25, -0.2) is 9.97 Å². The molecule has 7 heteroatoms. The largest absolute Gasteiger partial charge is 0.382 e. The maximum Gasteiger partial charge on any atom is 0.189 e. The highest BCUT2D eigenvalue weighted by Crippen LogP contribution is 2.27. The number of aromatic nitrogens is 2. The van der Waals surface area contributed by atoms with Gasteiger partial charge in [-0.15, -0.1) is 0 Å². The van der Waals surface area contributed by atoms with E-state index in [1.54, 1.807) is 12.1 Å². The van der Waals surface area contributed by atoms with E-state index in [0.717, 1.165) is 37.2 Å². The van der Waals surface area contributed by atoms with Gasteiger partial charge in [-0.05, 0) is 43.5 Å². The van der Waals surface area contributed by atoms with Gasteiger partial charge >= 0.3 is 0 Å². The second kappa shape index (κ2) is 7.61. The third-order valence-corrected chi connectivity index (χ3v) is 4.63.